The van der Waals surface area contributed by atoms with Crippen LogP contribution in [-0.2, 0) is 4.79 Å². The van der Waals surface area contributed by atoms with E-state index in [0.717, 1.165) is 38.5 Å². The molecule has 2 aliphatic heterocycles. The molecule has 0 aromatic heterocycles. The summed E-state index contributed by atoms with van der Waals surface area (Å²) < 4.78 is 0. The van der Waals surface area contributed by atoms with E-state index in [0.29, 0.717) is 5.91 Å². The van der Waals surface area contributed by atoms with Gasteiger partial charge in [-0.25, -0.2) is 0 Å². The van der Waals surface area contributed by atoms with E-state index in [1.165, 1.54) is 19.3 Å². The highest BCUT2D eigenvalue weighted by atomic mass is 16.2. The first kappa shape index (κ1) is 10.9. The molecule has 1 amide bonds. The molecule has 86 valence electrons. The second-order valence-electron chi connectivity index (χ2n) is 5.05. The zero-order valence-corrected chi connectivity index (χ0v) is 9.67. The molecule has 2 fully saturated rings. The number of nitrogens with one attached hydrogen (secondary N) is 1. The molecule has 0 aliphatic carbocycles. The van der Waals surface area contributed by atoms with Gasteiger partial charge in [-0.3, -0.25) is 4.79 Å². The van der Waals surface area contributed by atoms with Crippen LogP contribution in [0.25, 0.3) is 0 Å². The fraction of sp³-hybridized carbons (Fsp3) is 0.917. The molecule has 2 rings (SSSR count). The zero-order valence-electron chi connectivity index (χ0n) is 9.67. The Kier molecular flexibility index (Phi) is 3.62. The number of carbonyl (C=O) groups is 1. The summed E-state index contributed by atoms with van der Waals surface area (Å²) in [5, 5.41) is 3.27. The van der Waals surface area contributed by atoms with Gasteiger partial charge < -0.3 is 10.2 Å². The highest BCUT2D eigenvalue weighted by molar-refractivity contribution is 5.79. The van der Waals surface area contributed by atoms with E-state index >= 15 is 0 Å². The first-order chi connectivity index (χ1) is 7.27. The molecular formula is C12H22N2O. The van der Waals surface area contributed by atoms with Crippen LogP contribution in [0.5, 0.6) is 0 Å². The lowest BCUT2D eigenvalue weighted by atomic mass is 10.0. The van der Waals surface area contributed by atoms with E-state index in [1.807, 2.05) is 0 Å². The Bertz CT molecular complexity index is 224. The second-order valence-corrected chi connectivity index (χ2v) is 5.05. The van der Waals surface area contributed by atoms with Gasteiger partial charge in [-0.15, -0.1) is 0 Å². The summed E-state index contributed by atoms with van der Waals surface area (Å²) in [4.78, 5) is 14.2. The molecule has 2 heterocycles. The Hall–Kier alpha value is -0.570. The van der Waals surface area contributed by atoms with Crippen molar-refractivity contribution in [3.8, 4) is 0 Å². The van der Waals surface area contributed by atoms with Crippen molar-refractivity contribution in [2.75, 3.05) is 26.2 Å². The quantitative estimate of drug-likeness (QED) is 0.706. The third kappa shape index (κ3) is 2.71. The van der Waals surface area contributed by atoms with Gasteiger partial charge in [-0.2, -0.15) is 0 Å². The van der Waals surface area contributed by atoms with Gasteiger partial charge in [-0.05, 0) is 38.1 Å². The molecule has 3 nitrogen and oxygen atoms in total. The van der Waals surface area contributed by atoms with Gasteiger partial charge in [0.15, 0.2) is 0 Å². The van der Waals surface area contributed by atoms with Gasteiger partial charge >= 0.3 is 0 Å². The van der Waals surface area contributed by atoms with Crippen LogP contribution in [0.1, 0.15) is 32.6 Å². The molecular weight excluding hydrogens is 188 g/mol. The molecule has 0 radical (unpaired) electrons. The molecule has 2 aliphatic rings. The summed E-state index contributed by atoms with van der Waals surface area (Å²) in [6.07, 6.45) is 4.69. The number of likely N-dealkylation sites (tertiary alicyclic amines) is 1. The minimum absolute atomic E-state index is 0.262. The SMILES string of the molecule is CC1CCCN(C(=O)C2CCNC2)CC1. The molecule has 0 aromatic carbocycles. The van der Waals surface area contributed by atoms with Crippen LogP contribution in [0.2, 0.25) is 0 Å². The summed E-state index contributed by atoms with van der Waals surface area (Å²) >= 11 is 0. The number of carbonyl (C=O) groups excluding carboxylic acids is 1. The van der Waals surface area contributed by atoms with Gasteiger partial charge in [0.05, 0.1) is 5.92 Å². The fourth-order valence-electron chi connectivity index (χ4n) is 2.61. The lowest BCUT2D eigenvalue weighted by Gasteiger charge is -2.23. The Labute approximate surface area is 92.2 Å². The van der Waals surface area contributed by atoms with Crippen LogP contribution in [-0.4, -0.2) is 37.0 Å². The Morgan fingerprint density at radius 2 is 2.13 bits per heavy atom. The zero-order chi connectivity index (χ0) is 10.7. The van der Waals surface area contributed by atoms with E-state index in [-0.39, 0.29) is 5.92 Å². The normalized spacial score (nSPS) is 32.7. The Morgan fingerprint density at radius 1 is 1.27 bits per heavy atom. The predicted octanol–water partition coefficient (Wildman–Crippen LogP) is 1.24. The van der Waals surface area contributed by atoms with E-state index in [2.05, 4.69) is 17.1 Å². The molecule has 2 saturated heterocycles. The maximum Gasteiger partial charge on any atom is 0.227 e. The summed E-state index contributed by atoms with van der Waals surface area (Å²) in [5.74, 6) is 1.46. The van der Waals surface area contributed by atoms with Crippen molar-refractivity contribution < 1.29 is 4.79 Å². The van der Waals surface area contributed by atoms with E-state index in [9.17, 15) is 4.79 Å². The van der Waals surface area contributed by atoms with Crippen LogP contribution >= 0.6 is 0 Å². The van der Waals surface area contributed by atoms with Gasteiger partial charge in [-0.1, -0.05) is 6.92 Å². The highest BCUT2D eigenvalue weighted by Gasteiger charge is 2.27. The summed E-state index contributed by atoms with van der Waals surface area (Å²) in [6.45, 7) is 6.17. The second kappa shape index (κ2) is 4.97. The first-order valence-electron chi connectivity index (χ1n) is 6.27. The third-order valence-electron chi connectivity index (χ3n) is 3.74. The Morgan fingerprint density at radius 3 is 2.87 bits per heavy atom. The topological polar surface area (TPSA) is 32.3 Å². The van der Waals surface area contributed by atoms with Crippen molar-refractivity contribution in [2.24, 2.45) is 11.8 Å². The maximum atomic E-state index is 12.1. The van der Waals surface area contributed by atoms with E-state index < -0.39 is 0 Å². The van der Waals surface area contributed by atoms with Crippen molar-refractivity contribution in [3.63, 3.8) is 0 Å². The maximum absolute atomic E-state index is 12.1. The molecule has 0 saturated carbocycles. The molecule has 1 N–H and O–H groups in total. The molecule has 0 aromatic rings. The van der Waals surface area contributed by atoms with Crippen molar-refractivity contribution in [1.29, 1.82) is 0 Å². The largest absolute Gasteiger partial charge is 0.342 e. The van der Waals surface area contributed by atoms with Gasteiger partial charge in [0.2, 0.25) is 5.91 Å². The van der Waals surface area contributed by atoms with E-state index in [1.54, 1.807) is 0 Å². The van der Waals surface area contributed by atoms with Gasteiger partial charge in [0.25, 0.3) is 0 Å². The number of nitrogens with zero attached hydrogens (tertiary/aromatic N) is 1. The third-order valence-corrected chi connectivity index (χ3v) is 3.74. The number of rotatable bonds is 1. The van der Waals surface area contributed by atoms with Crippen LogP contribution in [0, 0.1) is 11.8 Å². The van der Waals surface area contributed by atoms with Crippen LogP contribution < -0.4 is 5.32 Å². The summed E-state index contributed by atoms with van der Waals surface area (Å²) in [6, 6.07) is 0. The monoisotopic (exact) mass is 210 g/mol. The number of hydrogen-bond acceptors (Lipinski definition) is 2. The van der Waals surface area contributed by atoms with Crippen molar-refractivity contribution in [1.82, 2.24) is 10.2 Å². The molecule has 15 heavy (non-hydrogen) atoms. The summed E-state index contributed by atoms with van der Waals surface area (Å²) in [5.41, 5.74) is 0. The highest BCUT2D eigenvalue weighted by Crippen LogP contribution is 2.19. The average Bonchev–Trinajstić information content (AvgIpc) is 2.67. The van der Waals surface area contributed by atoms with Crippen LogP contribution in [0.15, 0.2) is 0 Å². The summed E-state index contributed by atoms with van der Waals surface area (Å²) in [7, 11) is 0. The van der Waals surface area contributed by atoms with Gasteiger partial charge in [0, 0.05) is 19.6 Å². The standard InChI is InChI=1S/C12H22N2O/c1-10-3-2-7-14(8-5-10)12(15)11-4-6-13-9-11/h10-11,13H,2-9H2,1H3. The molecule has 3 heteroatoms. The molecule has 0 bridgehead atoms. The lowest BCUT2D eigenvalue weighted by Crippen LogP contribution is -2.37. The smallest absolute Gasteiger partial charge is 0.227 e. The molecule has 2 unspecified atom stereocenters. The number of amides is 1. The minimum Gasteiger partial charge on any atom is -0.342 e. The molecule has 0 spiro atoms. The minimum atomic E-state index is 0.262. The van der Waals surface area contributed by atoms with Crippen molar-refractivity contribution in [3.05, 3.63) is 0 Å². The number of hydrogen-bond donors (Lipinski definition) is 1. The van der Waals surface area contributed by atoms with Crippen LogP contribution in [0.3, 0.4) is 0 Å². The molecule has 2 atom stereocenters. The van der Waals surface area contributed by atoms with Crippen LogP contribution in [0.4, 0.5) is 0 Å². The lowest BCUT2D eigenvalue weighted by molar-refractivity contribution is -0.134. The average molecular weight is 210 g/mol. The first-order valence-corrected chi connectivity index (χ1v) is 6.27. The van der Waals surface area contributed by atoms with Crippen molar-refractivity contribution >= 4 is 5.91 Å². The van der Waals surface area contributed by atoms with E-state index in [4.69, 9.17) is 0 Å². The predicted molar refractivity (Wildman–Crippen MR) is 60.6 cm³/mol. The Balaban J connectivity index is 1.88. The van der Waals surface area contributed by atoms with Crippen molar-refractivity contribution in [2.45, 2.75) is 32.6 Å². The van der Waals surface area contributed by atoms with Gasteiger partial charge in [0.1, 0.15) is 0 Å². The fourth-order valence-corrected chi connectivity index (χ4v) is 2.61.